The van der Waals surface area contributed by atoms with Gasteiger partial charge in [-0.25, -0.2) is 0 Å². The van der Waals surface area contributed by atoms with E-state index in [-0.39, 0.29) is 6.04 Å². The van der Waals surface area contributed by atoms with Crippen molar-refractivity contribution in [2.75, 3.05) is 13.2 Å². The minimum Gasteiger partial charge on any atom is -0.504 e. The smallest absolute Gasteiger partial charge is 0.162 e. The van der Waals surface area contributed by atoms with Gasteiger partial charge in [-0.05, 0) is 32.4 Å². The van der Waals surface area contributed by atoms with E-state index in [9.17, 15) is 5.11 Å². The second-order valence-corrected chi connectivity index (χ2v) is 4.13. The maximum Gasteiger partial charge on any atom is 0.162 e. The first-order valence-electron chi connectivity index (χ1n) is 6.01. The molecule has 1 aromatic rings. The third kappa shape index (κ3) is 2.30. The number of aromatic hydroxyl groups is 1. The second kappa shape index (κ2) is 5.21. The van der Waals surface area contributed by atoms with Crippen LogP contribution in [-0.4, -0.2) is 18.3 Å². The molecule has 1 aromatic carbocycles. The molecule has 1 aliphatic heterocycles. The standard InChI is InChI=1S/C13H19NO2/c1-2-16-12-8-5-6-10(13(12)15)11-7-3-4-9-14-11/h5-6,8,11,14-15H,2-4,7,9H2,1H3. The molecule has 0 saturated carbocycles. The van der Waals surface area contributed by atoms with Crippen LogP contribution in [0.25, 0.3) is 0 Å². The molecule has 0 bridgehead atoms. The summed E-state index contributed by atoms with van der Waals surface area (Å²) in [5.41, 5.74) is 0.964. The van der Waals surface area contributed by atoms with Crippen molar-refractivity contribution in [3.05, 3.63) is 23.8 Å². The van der Waals surface area contributed by atoms with Crippen LogP contribution in [0.3, 0.4) is 0 Å². The lowest BCUT2D eigenvalue weighted by molar-refractivity contribution is 0.312. The molecule has 0 spiro atoms. The highest BCUT2D eigenvalue weighted by Gasteiger charge is 2.19. The molecule has 3 heteroatoms. The second-order valence-electron chi connectivity index (χ2n) is 4.13. The van der Waals surface area contributed by atoms with E-state index in [1.54, 1.807) is 0 Å². The van der Waals surface area contributed by atoms with Gasteiger partial charge in [0.2, 0.25) is 0 Å². The molecule has 1 fully saturated rings. The first kappa shape index (κ1) is 11.3. The van der Waals surface area contributed by atoms with Gasteiger partial charge >= 0.3 is 0 Å². The third-order valence-electron chi connectivity index (χ3n) is 3.02. The quantitative estimate of drug-likeness (QED) is 0.824. The number of ether oxygens (including phenoxy) is 1. The predicted octanol–water partition coefficient (Wildman–Crippen LogP) is 2.61. The van der Waals surface area contributed by atoms with Gasteiger partial charge in [0.15, 0.2) is 11.5 Å². The number of benzene rings is 1. The average molecular weight is 221 g/mol. The third-order valence-corrected chi connectivity index (χ3v) is 3.02. The van der Waals surface area contributed by atoms with Crippen LogP contribution in [0, 0.1) is 0 Å². The number of nitrogens with one attached hydrogen (secondary N) is 1. The highest BCUT2D eigenvalue weighted by molar-refractivity contribution is 5.47. The number of hydrogen-bond donors (Lipinski definition) is 2. The first-order valence-corrected chi connectivity index (χ1v) is 6.01. The van der Waals surface area contributed by atoms with Gasteiger partial charge < -0.3 is 15.2 Å². The Morgan fingerprint density at radius 2 is 2.31 bits per heavy atom. The van der Waals surface area contributed by atoms with Crippen LogP contribution in [0.5, 0.6) is 11.5 Å². The zero-order valence-electron chi connectivity index (χ0n) is 9.70. The zero-order valence-corrected chi connectivity index (χ0v) is 9.70. The topological polar surface area (TPSA) is 41.5 Å². The van der Waals surface area contributed by atoms with Gasteiger partial charge in [0.05, 0.1) is 6.61 Å². The fourth-order valence-corrected chi connectivity index (χ4v) is 2.21. The summed E-state index contributed by atoms with van der Waals surface area (Å²) in [4.78, 5) is 0. The average Bonchev–Trinajstić information content (AvgIpc) is 2.33. The van der Waals surface area contributed by atoms with E-state index in [1.165, 1.54) is 12.8 Å². The summed E-state index contributed by atoms with van der Waals surface area (Å²) >= 11 is 0. The lowest BCUT2D eigenvalue weighted by Crippen LogP contribution is -2.26. The van der Waals surface area contributed by atoms with E-state index in [0.29, 0.717) is 18.1 Å². The molecule has 3 nitrogen and oxygen atoms in total. The molecule has 2 N–H and O–H groups in total. The predicted molar refractivity (Wildman–Crippen MR) is 63.9 cm³/mol. The van der Waals surface area contributed by atoms with Gasteiger partial charge in [-0.15, -0.1) is 0 Å². The molecule has 1 heterocycles. The SMILES string of the molecule is CCOc1cccc(C2CCCCN2)c1O. The normalized spacial score (nSPS) is 20.7. The highest BCUT2D eigenvalue weighted by Crippen LogP contribution is 2.36. The number of hydrogen-bond acceptors (Lipinski definition) is 3. The van der Waals surface area contributed by atoms with Crippen molar-refractivity contribution in [1.82, 2.24) is 5.32 Å². The summed E-state index contributed by atoms with van der Waals surface area (Å²) in [5.74, 6) is 0.885. The van der Waals surface area contributed by atoms with Gasteiger partial charge in [-0.3, -0.25) is 0 Å². The number of phenols is 1. The van der Waals surface area contributed by atoms with E-state index >= 15 is 0 Å². The maximum atomic E-state index is 10.1. The fourth-order valence-electron chi connectivity index (χ4n) is 2.21. The molecule has 1 unspecified atom stereocenters. The summed E-state index contributed by atoms with van der Waals surface area (Å²) < 4.78 is 5.39. The van der Waals surface area contributed by atoms with Crippen LogP contribution < -0.4 is 10.1 Å². The van der Waals surface area contributed by atoms with Crippen molar-refractivity contribution in [2.45, 2.75) is 32.2 Å². The van der Waals surface area contributed by atoms with Crippen LogP contribution in [0.4, 0.5) is 0 Å². The molecule has 2 rings (SSSR count). The number of para-hydroxylation sites is 1. The highest BCUT2D eigenvalue weighted by atomic mass is 16.5. The fraction of sp³-hybridized carbons (Fsp3) is 0.538. The summed E-state index contributed by atoms with van der Waals surface area (Å²) in [6.45, 7) is 3.53. The summed E-state index contributed by atoms with van der Waals surface area (Å²) in [6, 6.07) is 6.00. The molecule has 1 atom stereocenters. The first-order chi connectivity index (χ1) is 7.83. The molecule has 0 aromatic heterocycles. The maximum absolute atomic E-state index is 10.1. The van der Waals surface area contributed by atoms with Crippen LogP contribution in [-0.2, 0) is 0 Å². The van der Waals surface area contributed by atoms with E-state index in [1.807, 2.05) is 25.1 Å². The van der Waals surface area contributed by atoms with Crippen molar-refractivity contribution in [3.8, 4) is 11.5 Å². The zero-order chi connectivity index (χ0) is 11.4. The Balaban J connectivity index is 2.22. The minimum atomic E-state index is 0.272. The van der Waals surface area contributed by atoms with Crippen LogP contribution in [0.1, 0.15) is 37.8 Å². The molecule has 0 amide bonds. The Morgan fingerprint density at radius 1 is 1.44 bits per heavy atom. The van der Waals surface area contributed by atoms with Crippen molar-refractivity contribution in [2.24, 2.45) is 0 Å². The summed E-state index contributed by atoms with van der Waals surface area (Å²) in [5, 5.41) is 13.5. The lowest BCUT2D eigenvalue weighted by Gasteiger charge is -2.25. The van der Waals surface area contributed by atoms with Gasteiger partial charge in [0, 0.05) is 11.6 Å². The van der Waals surface area contributed by atoms with Gasteiger partial charge in [-0.2, -0.15) is 0 Å². The van der Waals surface area contributed by atoms with Crippen molar-refractivity contribution in [3.63, 3.8) is 0 Å². The van der Waals surface area contributed by atoms with E-state index < -0.39 is 0 Å². The Kier molecular flexibility index (Phi) is 3.67. The molecule has 1 aliphatic rings. The largest absolute Gasteiger partial charge is 0.504 e. The van der Waals surface area contributed by atoms with Crippen LogP contribution in [0.15, 0.2) is 18.2 Å². The minimum absolute atomic E-state index is 0.272. The van der Waals surface area contributed by atoms with E-state index in [2.05, 4.69) is 5.32 Å². The molecular weight excluding hydrogens is 202 g/mol. The Labute approximate surface area is 96.4 Å². The molecule has 16 heavy (non-hydrogen) atoms. The molecule has 0 radical (unpaired) electrons. The van der Waals surface area contributed by atoms with Gasteiger partial charge in [-0.1, -0.05) is 18.6 Å². The van der Waals surface area contributed by atoms with Crippen molar-refractivity contribution in [1.29, 1.82) is 0 Å². The Bertz CT molecular complexity index is 346. The molecule has 0 aliphatic carbocycles. The van der Waals surface area contributed by atoms with E-state index in [0.717, 1.165) is 18.5 Å². The molecule has 1 saturated heterocycles. The summed E-state index contributed by atoms with van der Waals surface area (Å²) in [7, 11) is 0. The lowest BCUT2D eigenvalue weighted by atomic mass is 9.96. The Morgan fingerprint density at radius 3 is 3.00 bits per heavy atom. The van der Waals surface area contributed by atoms with E-state index in [4.69, 9.17) is 4.74 Å². The van der Waals surface area contributed by atoms with Crippen molar-refractivity contribution < 1.29 is 9.84 Å². The number of piperidine rings is 1. The molecular formula is C13H19NO2. The molecule has 88 valence electrons. The van der Waals surface area contributed by atoms with Crippen LogP contribution in [0.2, 0.25) is 0 Å². The number of rotatable bonds is 3. The summed E-state index contributed by atoms with van der Waals surface area (Å²) in [6.07, 6.45) is 3.53. The van der Waals surface area contributed by atoms with Crippen LogP contribution >= 0.6 is 0 Å². The monoisotopic (exact) mass is 221 g/mol. The number of phenolic OH excluding ortho intramolecular Hbond substituents is 1. The van der Waals surface area contributed by atoms with Gasteiger partial charge in [0.25, 0.3) is 0 Å². The van der Waals surface area contributed by atoms with Crippen molar-refractivity contribution >= 4 is 0 Å². The Hall–Kier alpha value is -1.22. The van der Waals surface area contributed by atoms with Gasteiger partial charge in [0.1, 0.15) is 0 Å².